The quantitative estimate of drug-likeness (QED) is 0.839. The molecule has 0 radical (unpaired) electrons. The van der Waals surface area contributed by atoms with Crippen LogP contribution in [0.2, 0.25) is 0 Å². The van der Waals surface area contributed by atoms with E-state index in [1.807, 2.05) is 7.05 Å². The van der Waals surface area contributed by atoms with Crippen LogP contribution in [0.15, 0.2) is 18.2 Å². The molecule has 1 atom stereocenters. The minimum Gasteiger partial charge on any atom is -0.369 e. The number of nitrogens with one attached hydrogen (secondary N) is 1. The average molecular weight is 218 g/mol. The Hall–Kier alpha value is -1.02. The molecule has 0 aromatic heterocycles. The van der Waals surface area contributed by atoms with Gasteiger partial charge in [-0.25, -0.2) is 0 Å². The number of hydrogen-bond acceptors (Lipinski definition) is 2. The SMILES string of the molecule is CNC(C)c1ccc2c(c1)N(C(C)C)CC2. The maximum atomic E-state index is 3.30. The van der Waals surface area contributed by atoms with Gasteiger partial charge in [0.2, 0.25) is 0 Å². The van der Waals surface area contributed by atoms with Crippen molar-refractivity contribution in [3.05, 3.63) is 29.3 Å². The summed E-state index contributed by atoms with van der Waals surface area (Å²) in [5.41, 5.74) is 4.32. The van der Waals surface area contributed by atoms with Crippen molar-refractivity contribution in [2.75, 3.05) is 18.5 Å². The van der Waals surface area contributed by atoms with Crippen LogP contribution in [0.25, 0.3) is 0 Å². The monoisotopic (exact) mass is 218 g/mol. The molecule has 0 aliphatic carbocycles. The summed E-state index contributed by atoms with van der Waals surface area (Å²) >= 11 is 0. The van der Waals surface area contributed by atoms with Crippen molar-refractivity contribution in [3.8, 4) is 0 Å². The first-order valence-corrected chi connectivity index (χ1v) is 6.20. The first kappa shape index (κ1) is 11.5. The fraction of sp³-hybridized carbons (Fsp3) is 0.571. The predicted octanol–water partition coefficient (Wildman–Crippen LogP) is 2.74. The lowest BCUT2D eigenvalue weighted by molar-refractivity contribution is 0.651. The third-order valence-electron chi connectivity index (χ3n) is 3.60. The van der Waals surface area contributed by atoms with Crippen molar-refractivity contribution in [1.29, 1.82) is 0 Å². The molecule has 2 heteroatoms. The van der Waals surface area contributed by atoms with Gasteiger partial charge >= 0.3 is 0 Å². The molecule has 0 amide bonds. The van der Waals surface area contributed by atoms with Gasteiger partial charge in [0.25, 0.3) is 0 Å². The van der Waals surface area contributed by atoms with Crippen LogP contribution in [0, 0.1) is 0 Å². The van der Waals surface area contributed by atoms with Gasteiger partial charge < -0.3 is 10.2 Å². The minimum atomic E-state index is 0.430. The van der Waals surface area contributed by atoms with Gasteiger partial charge in [-0.1, -0.05) is 12.1 Å². The zero-order valence-electron chi connectivity index (χ0n) is 10.7. The third kappa shape index (κ3) is 1.94. The summed E-state index contributed by atoms with van der Waals surface area (Å²) < 4.78 is 0. The smallest absolute Gasteiger partial charge is 0.0405 e. The number of hydrogen-bond donors (Lipinski definition) is 1. The van der Waals surface area contributed by atoms with E-state index in [1.54, 1.807) is 0 Å². The van der Waals surface area contributed by atoms with Crippen molar-refractivity contribution in [2.45, 2.75) is 39.3 Å². The van der Waals surface area contributed by atoms with E-state index in [9.17, 15) is 0 Å². The molecule has 16 heavy (non-hydrogen) atoms. The van der Waals surface area contributed by atoms with Crippen LogP contribution in [0.4, 0.5) is 5.69 Å². The van der Waals surface area contributed by atoms with Crippen LogP contribution < -0.4 is 10.2 Å². The molecule has 88 valence electrons. The van der Waals surface area contributed by atoms with E-state index in [0.717, 1.165) is 0 Å². The lowest BCUT2D eigenvalue weighted by Crippen LogP contribution is -2.28. The van der Waals surface area contributed by atoms with Crippen LogP contribution in [-0.4, -0.2) is 19.6 Å². The molecule has 1 aliphatic heterocycles. The summed E-state index contributed by atoms with van der Waals surface area (Å²) in [5.74, 6) is 0. The molecule has 1 N–H and O–H groups in total. The van der Waals surface area contributed by atoms with Gasteiger partial charge in [-0.05, 0) is 51.4 Å². The largest absolute Gasteiger partial charge is 0.369 e. The molecular weight excluding hydrogens is 196 g/mol. The first-order valence-electron chi connectivity index (χ1n) is 6.20. The highest BCUT2D eigenvalue weighted by Crippen LogP contribution is 2.32. The van der Waals surface area contributed by atoms with E-state index in [-0.39, 0.29) is 0 Å². The summed E-state index contributed by atoms with van der Waals surface area (Å²) in [6.07, 6.45) is 1.20. The molecule has 1 unspecified atom stereocenters. The molecule has 0 fully saturated rings. The Balaban J connectivity index is 2.33. The molecule has 0 saturated heterocycles. The minimum absolute atomic E-state index is 0.430. The molecule has 1 heterocycles. The topological polar surface area (TPSA) is 15.3 Å². The number of rotatable bonds is 3. The lowest BCUT2D eigenvalue weighted by atomic mass is 10.0. The highest BCUT2D eigenvalue weighted by Gasteiger charge is 2.21. The normalized spacial score (nSPS) is 16.7. The van der Waals surface area contributed by atoms with E-state index in [4.69, 9.17) is 0 Å². The Kier molecular flexibility index (Phi) is 3.20. The third-order valence-corrected chi connectivity index (χ3v) is 3.60. The second kappa shape index (κ2) is 4.46. The molecule has 1 aliphatic rings. The van der Waals surface area contributed by atoms with Gasteiger partial charge in [0.05, 0.1) is 0 Å². The van der Waals surface area contributed by atoms with Gasteiger partial charge in [-0.15, -0.1) is 0 Å². The van der Waals surface area contributed by atoms with Gasteiger partial charge in [0.15, 0.2) is 0 Å². The van der Waals surface area contributed by atoms with E-state index in [2.05, 4.69) is 49.2 Å². The lowest BCUT2D eigenvalue weighted by Gasteiger charge is -2.25. The van der Waals surface area contributed by atoms with Crippen LogP contribution in [0.3, 0.4) is 0 Å². The van der Waals surface area contributed by atoms with Crippen molar-refractivity contribution in [2.24, 2.45) is 0 Å². The number of fused-ring (bicyclic) bond motifs is 1. The fourth-order valence-corrected chi connectivity index (χ4v) is 2.39. The molecule has 2 nitrogen and oxygen atoms in total. The molecular formula is C14H22N2. The second-order valence-electron chi connectivity index (χ2n) is 4.94. The summed E-state index contributed by atoms with van der Waals surface area (Å²) in [6.45, 7) is 7.91. The van der Waals surface area contributed by atoms with Crippen molar-refractivity contribution in [1.82, 2.24) is 5.32 Å². The van der Waals surface area contributed by atoms with E-state index >= 15 is 0 Å². The van der Waals surface area contributed by atoms with Crippen molar-refractivity contribution < 1.29 is 0 Å². The molecule has 2 rings (SSSR count). The van der Waals surface area contributed by atoms with Gasteiger partial charge in [0, 0.05) is 24.3 Å². The average Bonchev–Trinajstić information content (AvgIpc) is 2.70. The van der Waals surface area contributed by atoms with Crippen LogP contribution >= 0.6 is 0 Å². The Bertz CT molecular complexity index is 371. The maximum absolute atomic E-state index is 3.30. The van der Waals surface area contributed by atoms with Gasteiger partial charge in [0.1, 0.15) is 0 Å². The highest BCUT2D eigenvalue weighted by molar-refractivity contribution is 5.60. The van der Waals surface area contributed by atoms with Crippen LogP contribution in [0.1, 0.15) is 37.9 Å². The summed E-state index contributed by atoms with van der Waals surface area (Å²) in [4.78, 5) is 2.50. The summed E-state index contributed by atoms with van der Waals surface area (Å²) in [6, 6.07) is 7.93. The van der Waals surface area contributed by atoms with Crippen LogP contribution in [-0.2, 0) is 6.42 Å². The van der Waals surface area contributed by atoms with Crippen molar-refractivity contribution in [3.63, 3.8) is 0 Å². The summed E-state index contributed by atoms with van der Waals surface area (Å²) in [5, 5.41) is 3.30. The fourth-order valence-electron chi connectivity index (χ4n) is 2.39. The maximum Gasteiger partial charge on any atom is 0.0405 e. The molecule has 1 aromatic rings. The predicted molar refractivity (Wildman–Crippen MR) is 70.1 cm³/mol. The Morgan fingerprint density at radius 3 is 2.62 bits per heavy atom. The summed E-state index contributed by atoms with van der Waals surface area (Å²) in [7, 11) is 2.01. The Labute approximate surface area is 98.7 Å². The Morgan fingerprint density at radius 2 is 2.00 bits per heavy atom. The van der Waals surface area contributed by atoms with Gasteiger partial charge in [-0.2, -0.15) is 0 Å². The molecule has 0 spiro atoms. The zero-order valence-corrected chi connectivity index (χ0v) is 10.7. The molecule has 1 aromatic carbocycles. The molecule has 0 saturated carbocycles. The van der Waals surface area contributed by atoms with E-state index in [0.29, 0.717) is 12.1 Å². The highest BCUT2D eigenvalue weighted by atomic mass is 15.2. The first-order chi connectivity index (χ1) is 7.63. The van der Waals surface area contributed by atoms with E-state index in [1.165, 1.54) is 29.8 Å². The number of anilines is 1. The zero-order chi connectivity index (χ0) is 11.7. The van der Waals surface area contributed by atoms with E-state index < -0.39 is 0 Å². The van der Waals surface area contributed by atoms with Gasteiger partial charge in [-0.3, -0.25) is 0 Å². The van der Waals surface area contributed by atoms with Crippen LogP contribution in [0.5, 0.6) is 0 Å². The molecule has 0 bridgehead atoms. The standard InChI is InChI=1S/C14H22N2/c1-10(2)16-8-7-12-5-6-13(9-14(12)16)11(3)15-4/h5-6,9-11,15H,7-8H2,1-4H3. The Morgan fingerprint density at radius 1 is 1.25 bits per heavy atom. The number of benzene rings is 1. The van der Waals surface area contributed by atoms with Crippen molar-refractivity contribution >= 4 is 5.69 Å². The number of nitrogens with zero attached hydrogens (tertiary/aromatic N) is 1. The second-order valence-corrected chi connectivity index (χ2v) is 4.94.